The van der Waals surface area contributed by atoms with E-state index in [0.717, 1.165) is 0 Å². The van der Waals surface area contributed by atoms with Gasteiger partial charge >= 0.3 is 5.97 Å². The van der Waals surface area contributed by atoms with Gasteiger partial charge in [-0.3, -0.25) is 4.79 Å². The van der Waals surface area contributed by atoms with E-state index in [1.165, 1.54) is 13.2 Å². The van der Waals surface area contributed by atoms with Crippen molar-refractivity contribution in [3.05, 3.63) is 40.6 Å². The number of allylic oxidation sites excluding steroid dienone is 1. The van der Waals surface area contributed by atoms with Crippen molar-refractivity contribution >= 4 is 18.0 Å². The van der Waals surface area contributed by atoms with Crippen LogP contribution in [0.15, 0.2) is 35.0 Å². The summed E-state index contributed by atoms with van der Waals surface area (Å²) < 4.78 is 10.2. The standard InChI is InChI=1S/C20H25NO5/c1-6-26-16-9-7-8-14(18(16)22)10-15-17(20(24)25-5)13(4)21(19(15)23)11-12(2)3/h7-10,12,22H,6,11H2,1-5H3/b15-10-. The lowest BCUT2D eigenvalue weighted by atomic mass is 10.0. The lowest BCUT2D eigenvalue weighted by Crippen LogP contribution is -2.28. The van der Waals surface area contributed by atoms with E-state index in [-0.39, 0.29) is 28.7 Å². The Morgan fingerprint density at radius 3 is 2.62 bits per heavy atom. The number of aromatic hydroxyl groups is 1. The highest BCUT2D eigenvalue weighted by Gasteiger charge is 2.37. The molecule has 6 nitrogen and oxygen atoms in total. The molecule has 1 aliphatic rings. The number of para-hydroxylation sites is 1. The summed E-state index contributed by atoms with van der Waals surface area (Å²) in [4.78, 5) is 26.7. The van der Waals surface area contributed by atoms with Gasteiger partial charge in [-0.25, -0.2) is 4.79 Å². The molecular weight excluding hydrogens is 334 g/mol. The van der Waals surface area contributed by atoms with Crippen molar-refractivity contribution in [2.45, 2.75) is 27.7 Å². The zero-order valence-electron chi connectivity index (χ0n) is 15.8. The Kier molecular flexibility index (Phi) is 6.08. The number of benzene rings is 1. The minimum Gasteiger partial charge on any atom is -0.504 e. The highest BCUT2D eigenvalue weighted by atomic mass is 16.5. The van der Waals surface area contributed by atoms with Crippen LogP contribution < -0.4 is 4.74 Å². The number of nitrogens with zero attached hydrogens (tertiary/aromatic N) is 1. The topological polar surface area (TPSA) is 76.1 Å². The van der Waals surface area contributed by atoms with Crippen molar-refractivity contribution < 1.29 is 24.2 Å². The molecule has 1 heterocycles. The lowest BCUT2D eigenvalue weighted by Gasteiger charge is -2.20. The molecule has 0 atom stereocenters. The van der Waals surface area contributed by atoms with Gasteiger partial charge in [-0.2, -0.15) is 0 Å². The Bertz CT molecular complexity index is 776. The monoisotopic (exact) mass is 359 g/mol. The summed E-state index contributed by atoms with van der Waals surface area (Å²) in [7, 11) is 1.28. The van der Waals surface area contributed by atoms with Crippen LogP contribution in [0.3, 0.4) is 0 Å². The van der Waals surface area contributed by atoms with Crippen LogP contribution in [-0.2, 0) is 14.3 Å². The fourth-order valence-corrected chi connectivity index (χ4v) is 2.90. The molecule has 0 aliphatic carbocycles. The molecule has 0 bridgehead atoms. The smallest absolute Gasteiger partial charge is 0.340 e. The molecular formula is C20H25NO5. The molecule has 0 saturated heterocycles. The van der Waals surface area contributed by atoms with Crippen molar-refractivity contribution in [2.24, 2.45) is 5.92 Å². The predicted octanol–water partition coefficient (Wildman–Crippen LogP) is 3.12. The minimum absolute atomic E-state index is 0.0705. The van der Waals surface area contributed by atoms with Gasteiger partial charge in [-0.15, -0.1) is 0 Å². The van der Waals surface area contributed by atoms with Gasteiger partial charge in [-0.05, 0) is 31.9 Å². The number of phenols is 1. The minimum atomic E-state index is -0.575. The number of carbonyl (C=O) groups excluding carboxylic acids is 2. The summed E-state index contributed by atoms with van der Waals surface area (Å²) in [5.41, 5.74) is 1.39. The van der Waals surface area contributed by atoms with Crippen LogP contribution in [0.2, 0.25) is 0 Å². The van der Waals surface area contributed by atoms with Crippen LogP contribution in [0.4, 0.5) is 0 Å². The third-order valence-electron chi connectivity index (χ3n) is 4.08. The summed E-state index contributed by atoms with van der Waals surface area (Å²) >= 11 is 0. The second-order valence-electron chi connectivity index (χ2n) is 6.45. The fraction of sp³-hybridized carbons (Fsp3) is 0.400. The molecule has 1 amide bonds. The van der Waals surface area contributed by atoms with Crippen molar-refractivity contribution in [3.8, 4) is 11.5 Å². The first-order chi connectivity index (χ1) is 12.3. The second-order valence-corrected chi connectivity index (χ2v) is 6.45. The first-order valence-electron chi connectivity index (χ1n) is 8.59. The molecule has 0 fully saturated rings. The number of rotatable bonds is 6. The second kappa shape index (κ2) is 8.08. The quantitative estimate of drug-likeness (QED) is 0.624. The zero-order chi connectivity index (χ0) is 19.4. The summed E-state index contributed by atoms with van der Waals surface area (Å²) in [6.07, 6.45) is 1.51. The zero-order valence-corrected chi connectivity index (χ0v) is 15.8. The Morgan fingerprint density at radius 1 is 1.35 bits per heavy atom. The van der Waals surface area contributed by atoms with Crippen LogP contribution in [0.1, 0.15) is 33.3 Å². The first-order valence-corrected chi connectivity index (χ1v) is 8.59. The number of esters is 1. The van der Waals surface area contributed by atoms with Crippen LogP contribution >= 0.6 is 0 Å². The van der Waals surface area contributed by atoms with Gasteiger partial charge in [0, 0.05) is 17.8 Å². The molecule has 2 rings (SSSR count). The average molecular weight is 359 g/mol. The number of carbonyl (C=O) groups is 2. The highest BCUT2D eigenvalue weighted by Crippen LogP contribution is 2.36. The summed E-state index contributed by atoms with van der Waals surface area (Å²) in [6.45, 7) is 8.43. The Balaban J connectivity index is 2.56. The maximum absolute atomic E-state index is 12.9. The number of methoxy groups -OCH3 is 1. The van der Waals surface area contributed by atoms with Gasteiger partial charge in [0.2, 0.25) is 0 Å². The lowest BCUT2D eigenvalue weighted by molar-refractivity contribution is -0.136. The number of amides is 1. The highest BCUT2D eigenvalue weighted by molar-refractivity contribution is 6.16. The molecule has 0 unspecified atom stereocenters. The van der Waals surface area contributed by atoms with Gasteiger partial charge in [0.05, 0.1) is 24.9 Å². The molecule has 1 aliphatic heterocycles. The summed E-state index contributed by atoms with van der Waals surface area (Å²) in [6, 6.07) is 5.02. The fourth-order valence-electron chi connectivity index (χ4n) is 2.90. The van der Waals surface area contributed by atoms with Crippen LogP contribution in [0.5, 0.6) is 11.5 Å². The van der Waals surface area contributed by atoms with Crippen molar-refractivity contribution in [2.75, 3.05) is 20.3 Å². The van der Waals surface area contributed by atoms with Gasteiger partial charge < -0.3 is 19.5 Å². The Labute approximate surface area is 153 Å². The Morgan fingerprint density at radius 2 is 2.04 bits per heavy atom. The van der Waals surface area contributed by atoms with Crippen molar-refractivity contribution in [1.29, 1.82) is 0 Å². The van der Waals surface area contributed by atoms with Gasteiger partial charge in [0.25, 0.3) is 5.91 Å². The maximum atomic E-state index is 12.9. The molecule has 1 aromatic carbocycles. The molecule has 0 aromatic heterocycles. The van der Waals surface area contributed by atoms with Gasteiger partial charge in [-0.1, -0.05) is 26.0 Å². The van der Waals surface area contributed by atoms with Crippen LogP contribution in [-0.4, -0.2) is 42.1 Å². The summed E-state index contributed by atoms with van der Waals surface area (Å²) in [5, 5.41) is 10.4. The first kappa shape index (κ1) is 19.6. The van der Waals surface area contributed by atoms with Crippen molar-refractivity contribution in [1.82, 2.24) is 4.90 Å². The van der Waals surface area contributed by atoms with E-state index in [9.17, 15) is 14.7 Å². The molecule has 0 radical (unpaired) electrons. The van der Waals surface area contributed by atoms with E-state index in [4.69, 9.17) is 9.47 Å². The number of hydrogen-bond donors (Lipinski definition) is 1. The SMILES string of the molecule is CCOc1cccc(/C=C2\C(=O)N(CC(C)C)C(C)=C2C(=O)OC)c1O. The number of ether oxygens (including phenoxy) is 2. The third-order valence-corrected chi connectivity index (χ3v) is 4.08. The third kappa shape index (κ3) is 3.74. The number of phenolic OH excluding ortho intramolecular Hbond substituents is 1. The molecule has 140 valence electrons. The molecule has 0 spiro atoms. The maximum Gasteiger partial charge on any atom is 0.340 e. The van der Waals surface area contributed by atoms with E-state index >= 15 is 0 Å². The van der Waals surface area contributed by atoms with E-state index in [0.29, 0.717) is 30.2 Å². The molecule has 0 saturated carbocycles. The normalized spacial score (nSPS) is 16.0. The van der Waals surface area contributed by atoms with E-state index < -0.39 is 5.97 Å². The van der Waals surface area contributed by atoms with E-state index in [1.54, 1.807) is 30.0 Å². The molecule has 1 N–H and O–H groups in total. The van der Waals surface area contributed by atoms with E-state index in [2.05, 4.69) is 0 Å². The molecule has 1 aromatic rings. The Hall–Kier alpha value is -2.76. The van der Waals surface area contributed by atoms with Gasteiger partial charge in [0.1, 0.15) is 0 Å². The predicted molar refractivity (Wildman–Crippen MR) is 98.5 cm³/mol. The van der Waals surface area contributed by atoms with Crippen LogP contribution in [0.25, 0.3) is 6.08 Å². The van der Waals surface area contributed by atoms with Crippen LogP contribution in [0, 0.1) is 5.92 Å². The summed E-state index contributed by atoms with van der Waals surface area (Å²) in [5.74, 6) is -0.362. The molecule has 6 heteroatoms. The number of hydrogen-bond acceptors (Lipinski definition) is 5. The largest absolute Gasteiger partial charge is 0.504 e. The average Bonchev–Trinajstić information content (AvgIpc) is 2.82. The van der Waals surface area contributed by atoms with Gasteiger partial charge in [0.15, 0.2) is 11.5 Å². The van der Waals surface area contributed by atoms with Crippen molar-refractivity contribution in [3.63, 3.8) is 0 Å². The molecule has 26 heavy (non-hydrogen) atoms. The van der Waals surface area contributed by atoms with E-state index in [1.807, 2.05) is 20.8 Å².